The lowest BCUT2D eigenvalue weighted by atomic mass is 9.54. The molecule has 8 aromatic rings. The lowest BCUT2D eigenvalue weighted by molar-refractivity contribution is 0.301. The summed E-state index contributed by atoms with van der Waals surface area (Å²) in [5.41, 5.74) is 11.5. The number of nitrogens with zero attached hydrogens (tertiary/aromatic N) is 1. The summed E-state index contributed by atoms with van der Waals surface area (Å²) in [6, 6.07) is 51.8. The Morgan fingerprint density at radius 2 is 1.11 bits per heavy atom. The quantitative estimate of drug-likeness (QED) is 0.180. The molecule has 0 amide bonds. The lowest BCUT2D eigenvalue weighted by Gasteiger charge is -2.49. The van der Waals surface area contributed by atoms with Crippen LogP contribution in [0.3, 0.4) is 0 Å². The Hall–Kier alpha value is -5.14. The van der Waals surface area contributed by atoms with Crippen LogP contribution in [0.5, 0.6) is 0 Å². The standard InChI is InChI=1S/C44H35N/c1-43(2)38-27-32(45-39-17-11-10-16-35(39)36-23-21-31(26-40(36)45)28-12-6-5-7-13-28)22-25-34(38)37-24-20-30-19-18-29-14-8-9-15-33(29)41(30)42(37)44(43,3)4/h5-27H,1-4H3. The van der Waals surface area contributed by atoms with Gasteiger partial charge in [0.1, 0.15) is 0 Å². The highest BCUT2D eigenvalue weighted by molar-refractivity contribution is 6.13. The number of rotatable bonds is 2. The van der Waals surface area contributed by atoms with Gasteiger partial charge in [-0.15, -0.1) is 0 Å². The molecule has 1 heterocycles. The molecule has 1 aliphatic carbocycles. The van der Waals surface area contributed by atoms with Crippen molar-refractivity contribution in [1.29, 1.82) is 0 Å². The van der Waals surface area contributed by atoms with Gasteiger partial charge in [-0.25, -0.2) is 0 Å². The van der Waals surface area contributed by atoms with E-state index in [2.05, 4.69) is 172 Å². The third-order valence-electron chi connectivity index (χ3n) is 11.1. The predicted molar refractivity (Wildman–Crippen MR) is 193 cm³/mol. The summed E-state index contributed by atoms with van der Waals surface area (Å²) in [5.74, 6) is 0. The van der Waals surface area contributed by atoms with Crippen LogP contribution in [-0.4, -0.2) is 4.57 Å². The van der Waals surface area contributed by atoms with Crippen LogP contribution in [0.1, 0.15) is 38.8 Å². The molecule has 0 aliphatic heterocycles. The van der Waals surface area contributed by atoms with Gasteiger partial charge in [-0.05, 0) is 84.6 Å². The number of hydrogen-bond acceptors (Lipinski definition) is 0. The van der Waals surface area contributed by atoms with E-state index in [4.69, 9.17) is 0 Å². The third kappa shape index (κ3) is 3.56. The van der Waals surface area contributed by atoms with E-state index in [1.165, 1.54) is 82.4 Å². The Kier molecular flexibility index (Phi) is 5.37. The van der Waals surface area contributed by atoms with Gasteiger partial charge in [-0.3, -0.25) is 0 Å². The molecule has 9 rings (SSSR count). The molecule has 0 spiro atoms. The normalized spacial score (nSPS) is 15.0. The van der Waals surface area contributed by atoms with Gasteiger partial charge >= 0.3 is 0 Å². The third-order valence-corrected chi connectivity index (χ3v) is 11.1. The Balaban J connectivity index is 1.33. The number of fused-ring (bicyclic) bond motifs is 10. The average Bonchev–Trinajstić information content (AvgIpc) is 3.41. The molecule has 1 nitrogen and oxygen atoms in total. The Bertz CT molecular complexity index is 2470. The highest BCUT2D eigenvalue weighted by Gasteiger charge is 2.47. The van der Waals surface area contributed by atoms with Crippen LogP contribution in [0, 0.1) is 0 Å². The first-order valence-electron chi connectivity index (χ1n) is 16.0. The van der Waals surface area contributed by atoms with Gasteiger partial charge in [0, 0.05) is 21.9 Å². The van der Waals surface area contributed by atoms with Gasteiger partial charge in [-0.1, -0.05) is 143 Å². The van der Waals surface area contributed by atoms with Crippen LogP contribution < -0.4 is 0 Å². The zero-order valence-electron chi connectivity index (χ0n) is 26.2. The van der Waals surface area contributed by atoms with Crippen LogP contribution in [0.25, 0.3) is 71.3 Å². The maximum atomic E-state index is 2.48. The lowest BCUT2D eigenvalue weighted by Crippen LogP contribution is -2.43. The van der Waals surface area contributed by atoms with Crippen molar-refractivity contribution in [2.24, 2.45) is 0 Å². The Morgan fingerprint density at radius 3 is 1.96 bits per heavy atom. The fourth-order valence-electron chi connectivity index (χ4n) is 8.10. The van der Waals surface area contributed by atoms with Crippen molar-refractivity contribution >= 4 is 43.4 Å². The topological polar surface area (TPSA) is 4.93 Å². The summed E-state index contributed by atoms with van der Waals surface area (Å²) >= 11 is 0. The number of benzene rings is 7. The number of hydrogen-bond donors (Lipinski definition) is 0. The Labute approximate surface area is 264 Å². The predicted octanol–water partition coefficient (Wildman–Crippen LogP) is 12.0. The van der Waals surface area contributed by atoms with E-state index in [-0.39, 0.29) is 10.8 Å². The maximum Gasteiger partial charge on any atom is 0.0547 e. The van der Waals surface area contributed by atoms with Crippen molar-refractivity contribution in [3.63, 3.8) is 0 Å². The van der Waals surface area contributed by atoms with Crippen molar-refractivity contribution in [1.82, 2.24) is 4.57 Å². The molecule has 0 unspecified atom stereocenters. The highest BCUT2D eigenvalue weighted by Crippen LogP contribution is 2.56. The number of aromatic nitrogens is 1. The molecule has 1 aliphatic rings. The van der Waals surface area contributed by atoms with E-state index in [0.29, 0.717) is 0 Å². The van der Waals surface area contributed by atoms with Crippen molar-refractivity contribution < 1.29 is 0 Å². The molecule has 0 saturated carbocycles. The summed E-state index contributed by atoms with van der Waals surface area (Å²) in [6.07, 6.45) is 0. The van der Waals surface area contributed by atoms with Crippen molar-refractivity contribution in [3.8, 4) is 27.9 Å². The first kappa shape index (κ1) is 26.3. The molecule has 0 N–H and O–H groups in total. The van der Waals surface area contributed by atoms with Gasteiger partial charge < -0.3 is 4.57 Å². The molecule has 0 saturated heterocycles. The SMILES string of the molecule is CC1(C)c2cc(-n3c4ccccc4c4ccc(-c5ccccc5)cc43)ccc2-c2ccc3ccc4ccccc4c3c2C1(C)C. The van der Waals surface area contributed by atoms with Gasteiger partial charge in [0.15, 0.2) is 0 Å². The van der Waals surface area contributed by atoms with E-state index in [9.17, 15) is 0 Å². The molecule has 45 heavy (non-hydrogen) atoms. The van der Waals surface area contributed by atoms with Gasteiger partial charge in [0.05, 0.1) is 11.0 Å². The molecule has 0 atom stereocenters. The smallest absolute Gasteiger partial charge is 0.0547 e. The average molecular weight is 578 g/mol. The van der Waals surface area contributed by atoms with Gasteiger partial charge in [0.25, 0.3) is 0 Å². The zero-order valence-corrected chi connectivity index (χ0v) is 26.2. The van der Waals surface area contributed by atoms with E-state index in [0.717, 1.165) is 0 Å². The van der Waals surface area contributed by atoms with Crippen molar-refractivity contribution in [2.45, 2.75) is 38.5 Å². The van der Waals surface area contributed by atoms with Crippen LogP contribution in [0.15, 0.2) is 140 Å². The largest absolute Gasteiger partial charge is 0.309 e. The van der Waals surface area contributed by atoms with E-state index < -0.39 is 0 Å². The second-order valence-electron chi connectivity index (χ2n) is 13.8. The Morgan fingerprint density at radius 1 is 0.444 bits per heavy atom. The fraction of sp³-hybridized carbons (Fsp3) is 0.136. The van der Waals surface area contributed by atoms with Crippen LogP contribution in [0.2, 0.25) is 0 Å². The molecular weight excluding hydrogens is 542 g/mol. The summed E-state index contributed by atoms with van der Waals surface area (Å²) in [7, 11) is 0. The van der Waals surface area contributed by atoms with E-state index in [1.54, 1.807) is 0 Å². The minimum Gasteiger partial charge on any atom is -0.309 e. The second-order valence-corrected chi connectivity index (χ2v) is 13.8. The van der Waals surface area contributed by atoms with Crippen LogP contribution in [0.4, 0.5) is 0 Å². The molecule has 1 heteroatoms. The monoisotopic (exact) mass is 577 g/mol. The van der Waals surface area contributed by atoms with Crippen molar-refractivity contribution in [2.75, 3.05) is 0 Å². The molecule has 7 aromatic carbocycles. The van der Waals surface area contributed by atoms with E-state index >= 15 is 0 Å². The van der Waals surface area contributed by atoms with Gasteiger partial charge in [0.2, 0.25) is 0 Å². The minimum atomic E-state index is -0.121. The summed E-state index contributed by atoms with van der Waals surface area (Å²) < 4.78 is 2.48. The maximum absolute atomic E-state index is 2.48. The van der Waals surface area contributed by atoms with Gasteiger partial charge in [-0.2, -0.15) is 0 Å². The molecule has 0 fully saturated rings. The summed E-state index contributed by atoms with van der Waals surface area (Å²) in [5, 5.41) is 7.93. The fourth-order valence-corrected chi connectivity index (χ4v) is 8.10. The summed E-state index contributed by atoms with van der Waals surface area (Å²) in [6.45, 7) is 9.80. The molecule has 1 aromatic heterocycles. The first-order chi connectivity index (χ1) is 21.8. The minimum absolute atomic E-state index is 0.112. The summed E-state index contributed by atoms with van der Waals surface area (Å²) in [4.78, 5) is 0. The molecule has 0 radical (unpaired) electrons. The molecule has 0 bridgehead atoms. The second kappa shape index (κ2) is 9.19. The zero-order chi connectivity index (χ0) is 30.5. The molecule has 216 valence electrons. The number of para-hydroxylation sites is 1. The van der Waals surface area contributed by atoms with Crippen molar-refractivity contribution in [3.05, 3.63) is 151 Å². The molecular formula is C44H35N. The highest BCUT2D eigenvalue weighted by atomic mass is 15.0. The van der Waals surface area contributed by atoms with Crippen LogP contribution >= 0.6 is 0 Å². The first-order valence-corrected chi connectivity index (χ1v) is 16.0. The van der Waals surface area contributed by atoms with Crippen LogP contribution in [-0.2, 0) is 10.8 Å². The van der Waals surface area contributed by atoms with E-state index in [1.807, 2.05) is 0 Å².